The average molecular weight is 440 g/mol. The number of halogens is 6. The van der Waals surface area contributed by atoms with Crippen LogP contribution in [0.3, 0.4) is 0 Å². The third kappa shape index (κ3) is 4.15. The number of hydrogen-bond donors (Lipinski definition) is 0. The summed E-state index contributed by atoms with van der Waals surface area (Å²) in [6.07, 6.45) is 0. The minimum Gasteiger partial charge on any atom is -0.494 e. The molecule has 0 heterocycles. The molecule has 0 fully saturated rings. The summed E-state index contributed by atoms with van der Waals surface area (Å²) in [6.45, 7) is -1.60. The second-order valence-electron chi connectivity index (χ2n) is 6.46. The van der Waals surface area contributed by atoms with Crippen LogP contribution >= 0.6 is 0 Å². The van der Waals surface area contributed by atoms with Gasteiger partial charge in [0.1, 0.15) is 17.5 Å². The molecule has 3 aromatic rings. The number of benzene rings is 3. The lowest BCUT2D eigenvalue weighted by atomic mass is 9.36. The quantitative estimate of drug-likeness (QED) is 0.436. The van der Waals surface area contributed by atoms with Crippen molar-refractivity contribution < 1.29 is 40.6 Å². The molecule has 0 amide bonds. The molecule has 0 aliphatic heterocycles. The Hall–Kier alpha value is -3.30. The van der Waals surface area contributed by atoms with Gasteiger partial charge in [0.2, 0.25) is 0 Å². The van der Waals surface area contributed by atoms with Crippen LogP contribution in [0, 0.1) is 34.9 Å². The normalized spacial score (nSPS) is 10.7. The second-order valence-corrected chi connectivity index (χ2v) is 6.46. The van der Waals surface area contributed by atoms with Crippen LogP contribution in [0.15, 0.2) is 36.4 Å². The standard InChI is InChI=1S/C21H15BF6O3/c1-29-19-4-10(13(23)7-16(19)26)22(11-5-20(30-2)17(27)8-14(11)24)12-6-21(31-3)18(28)9-15(12)25/h4-9H,1-3H3. The highest BCUT2D eigenvalue weighted by atomic mass is 19.2. The summed E-state index contributed by atoms with van der Waals surface area (Å²) in [7, 11) is 3.37. The Kier molecular flexibility index (Phi) is 6.38. The lowest BCUT2D eigenvalue weighted by Crippen LogP contribution is -2.55. The van der Waals surface area contributed by atoms with Crippen LogP contribution in [0.25, 0.3) is 0 Å². The van der Waals surface area contributed by atoms with Crippen molar-refractivity contribution in [1.82, 2.24) is 0 Å². The third-order valence-electron chi connectivity index (χ3n) is 4.75. The van der Waals surface area contributed by atoms with E-state index in [2.05, 4.69) is 0 Å². The van der Waals surface area contributed by atoms with E-state index >= 15 is 0 Å². The maximum atomic E-state index is 14.8. The monoisotopic (exact) mass is 440 g/mol. The van der Waals surface area contributed by atoms with Gasteiger partial charge >= 0.3 is 0 Å². The summed E-state index contributed by atoms with van der Waals surface area (Å²) in [5.41, 5.74) is -1.21. The van der Waals surface area contributed by atoms with Crippen LogP contribution < -0.4 is 30.6 Å². The van der Waals surface area contributed by atoms with Crippen molar-refractivity contribution >= 4 is 23.1 Å². The Morgan fingerprint density at radius 2 is 0.710 bits per heavy atom. The van der Waals surface area contributed by atoms with Gasteiger partial charge in [-0.05, 0) is 34.6 Å². The molecular formula is C21H15BF6O3. The van der Waals surface area contributed by atoms with Crippen LogP contribution in [-0.2, 0) is 0 Å². The molecule has 0 unspecified atom stereocenters. The fourth-order valence-corrected chi connectivity index (χ4v) is 3.27. The highest BCUT2D eigenvalue weighted by molar-refractivity contribution is 6.95. The summed E-state index contributed by atoms with van der Waals surface area (Å²) in [5.74, 6) is -7.80. The number of ether oxygens (including phenoxy) is 3. The maximum Gasteiger partial charge on any atom is 0.253 e. The van der Waals surface area contributed by atoms with Crippen molar-refractivity contribution in [1.29, 1.82) is 0 Å². The maximum absolute atomic E-state index is 14.8. The minimum absolute atomic E-state index is 0.398. The molecule has 3 rings (SSSR count). The molecule has 0 spiro atoms. The van der Waals surface area contributed by atoms with Gasteiger partial charge in [-0.2, -0.15) is 0 Å². The molecule has 162 valence electrons. The Morgan fingerprint density at radius 3 is 0.935 bits per heavy atom. The topological polar surface area (TPSA) is 27.7 Å². The van der Waals surface area contributed by atoms with Gasteiger partial charge in [-0.1, -0.05) is 0 Å². The van der Waals surface area contributed by atoms with Gasteiger partial charge in [0, 0.05) is 18.2 Å². The highest BCUT2D eigenvalue weighted by Crippen LogP contribution is 2.21. The lowest BCUT2D eigenvalue weighted by Gasteiger charge is -2.20. The van der Waals surface area contributed by atoms with Crippen LogP contribution in [0.1, 0.15) is 0 Å². The minimum atomic E-state index is -1.60. The molecule has 0 bridgehead atoms. The van der Waals surface area contributed by atoms with Crippen molar-refractivity contribution in [2.24, 2.45) is 0 Å². The number of rotatable bonds is 6. The predicted octanol–water partition coefficient (Wildman–Crippen LogP) is 3.06. The fourth-order valence-electron chi connectivity index (χ4n) is 3.27. The van der Waals surface area contributed by atoms with E-state index in [0.29, 0.717) is 18.2 Å². The summed E-state index contributed by atoms with van der Waals surface area (Å²) < 4.78 is 101. The van der Waals surface area contributed by atoms with Crippen LogP contribution in [0.5, 0.6) is 17.2 Å². The van der Waals surface area contributed by atoms with E-state index in [1.165, 1.54) is 0 Å². The van der Waals surface area contributed by atoms with Gasteiger partial charge in [0.15, 0.2) is 34.7 Å². The smallest absolute Gasteiger partial charge is 0.253 e. The zero-order chi connectivity index (χ0) is 22.9. The molecule has 0 N–H and O–H groups in total. The zero-order valence-electron chi connectivity index (χ0n) is 16.5. The molecule has 0 aliphatic carbocycles. The molecule has 0 saturated heterocycles. The van der Waals surface area contributed by atoms with Crippen molar-refractivity contribution in [3.63, 3.8) is 0 Å². The van der Waals surface area contributed by atoms with Crippen molar-refractivity contribution in [2.75, 3.05) is 21.3 Å². The van der Waals surface area contributed by atoms with Crippen LogP contribution in [-0.4, -0.2) is 28.0 Å². The summed E-state index contributed by atoms with van der Waals surface area (Å²) in [5, 5.41) is 0. The largest absolute Gasteiger partial charge is 0.494 e. The van der Waals surface area contributed by atoms with Crippen LogP contribution in [0.4, 0.5) is 26.3 Å². The number of methoxy groups -OCH3 is 3. The summed E-state index contributed by atoms with van der Waals surface area (Å²) >= 11 is 0. The van der Waals surface area contributed by atoms with Gasteiger partial charge in [0.25, 0.3) is 6.71 Å². The van der Waals surface area contributed by atoms with Gasteiger partial charge in [0.05, 0.1) is 21.3 Å². The van der Waals surface area contributed by atoms with Gasteiger partial charge in [-0.3, -0.25) is 0 Å². The molecule has 31 heavy (non-hydrogen) atoms. The molecule has 0 atom stereocenters. The fraction of sp³-hybridized carbons (Fsp3) is 0.143. The zero-order valence-corrected chi connectivity index (χ0v) is 16.5. The van der Waals surface area contributed by atoms with Gasteiger partial charge in [-0.15, -0.1) is 0 Å². The summed E-state index contributed by atoms with van der Waals surface area (Å²) in [6, 6.07) is 4.20. The number of hydrogen-bond acceptors (Lipinski definition) is 3. The molecule has 0 saturated carbocycles. The van der Waals surface area contributed by atoms with E-state index in [-0.39, 0.29) is 0 Å². The first kappa shape index (κ1) is 22.4. The van der Waals surface area contributed by atoms with E-state index in [4.69, 9.17) is 14.2 Å². The lowest BCUT2D eigenvalue weighted by molar-refractivity contribution is 0.384. The first-order valence-corrected chi connectivity index (χ1v) is 8.80. The van der Waals surface area contributed by atoms with E-state index in [1.807, 2.05) is 0 Å². The first-order chi connectivity index (χ1) is 14.7. The van der Waals surface area contributed by atoms with Gasteiger partial charge in [-0.25, -0.2) is 26.3 Å². The highest BCUT2D eigenvalue weighted by Gasteiger charge is 2.33. The SMILES string of the molecule is COc1cc(B(c2cc(OC)c(F)cc2F)c2cc(OC)c(F)cc2F)c(F)cc1F. The summed E-state index contributed by atoms with van der Waals surface area (Å²) in [4.78, 5) is 0. The van der Waals surface area contributed by atoms with Crippen molar-refractivity contribution in [3.8, 4) is 17.2 Å². The Balaban J connectivity index is 2.40. The first-order valence-electron chi connectivity index (χ1n) is 8.80. The predicted molar refractivity (Wildman–Crippen MR) is 103 cm³/mol. The average Bonchev–Trinajstić information content (AvgIpc) is 2.72. The molecule has 0 aliphatic rings. The Morgan fingerprint density at radius 1 is 0.452 bits per heavy atom. The molecule has 3 aromatic carbocycles. The van der Waals surface area contributed by atoms with E-state index in [0.717, 1.165) is 39.5 Å². The van der Waals surface area contributed by atoms with E-state index in [1.54, 1.807) is 0 Å². The molecule has 0 aromatic heterocycles. The molecular weight excluding hydrogens is 425 g/mol. The molecule has 0 radical (unpaired) electrons. The van der Waals surface area contributed by atoms with Gasteiger partial charge < -0.3 is 14.2 Å². The second kappa shape index (κ2) is 8.83. The Labute approximate surface area is 174 Å². The van der Waals surface area contributed by atoms with E-state index in [9.17, 15) is 26.3 Å². The molecule has 3 nitrogen and oxygen atoms in total. The third-order valence-corrected chi connectivity index (χ3v) is 4.75. The van der Waals surface area contributed by atoms with Crippen molar-refractivity contribution in [2.45, 2.75) is 0 Å². The van der Waals surface area contributed by atoms with Crippen LogP contribution in [0.2, 0.25) is 0 Å². The Bertz CT molecular complexity index is 997. The molecule has 10 heteroatoms. The van der Waals surface area contributed by atoms with Crippen molar-refractivity contribution in [3.05, 3.63) is 71.3 Å². The van der Waals surface area contributed by atoms with E-state index < -0.39 is 75.3 Å².